The monoisotopic (exact) mass is 148 g/mol. The van der Waals surface area contributed by atoms with Crippen LogP contribution in [0, 0.1) is 6.42 Å². The summed E-state index contributed by atoms with van der Waals surface area (Å²) in [6.07, 6.45) is 1.39. The zero-order chi connectivity index (χ0) is 7.07. The normalized spacial score (nSPS) is 30.9. The van der Waals surface area contributed by atoms with Crippen molar-refractivity contribution in [2.45, 2.75) is 5.25 Å². The van der Waals surface area contributed by atoms with Crippen LogP contribution in [-0.4, -0.2) is 25.3 Å². The Balaban J connectivity index is 2.79. The molecule has 1 saturated heterocycles. The van der Waals surface area contributed by atoms with Crippen LogP contribution in [0.4, 0.5) is 0 Å². The Hall–Kier alpha value is -0.580. The second-order valence-electron chi connectivity index (χ2n) is 1.89. The molecule has 2 N–H and O–H groups in total. The number of hydrogen-bond donors (Lipinski definition) is 1. The van der Waals surface area contributed by atoms with Crippen LogP contribution in [0.5, 0.6) is 0 Å². The first-order valence-corrected chi connectivity index (χ1v) is 4.10. The van der Waals surface area contributed by atoms with Crippen molar-refractivity contribution in [2.24, 2.45) is 5.73 Å². The maximum absolute atomic E-state index is 10.5. The van der Waals surface area contributed by atoms with Gasteiger partial charge in [0, 0.05) is 6.42 Å². The molecule has 0 saturated carbocycles. The third kappa shape index (κ3) is 0.917. The van der Waals surface area contributed by atoms with Gasteiger partial charge in [-0.1, -0.05) is 0 Å². The molecule has 5 heteroatoms. The molecule has 1 rings (SSSR count). The zero-order valence-corrected chi connectivity index (χ0v) is 5.39. The summed E-state index contributed by atoms with van der Waals surface area (Å²) < 4.78 is 21.1. The summed E-state index contributed by atoms with van der Waals surface area (Å²) in [5.74, 6) is -0.790. The third-order valence-electron chi connectivity index (χ3n) is 1.21. The first kappa shape index (κ1) is 6.54. The number of carbonyl (C=O) groups excluding carboxylic acids is 1. The molecule has 1 fully saturated rings. The lowest BCUT2D eigenvalue weighted by atomic mass is 10.3. The predicted octanol–water partition coefficient (Wildman–Crippen LogP) is -1.53. The number of sulfone groups is 1. The smallest absolute Gasteiger partial charge is 0.236 e. The molecule has 51 valence electrons. The summed E-state index contributed by atoms with van der Waals surface area (Å²) in [5.41, 5.74) is 4.72. The van der Waals surface area contributed by atoms with Crippen LogP contribution in [0.3, 0.4) is 0 Å². The molecule has 1 unspecified atom stereocenters. The highest BCUT2D eigenvalue weighted by Gasteiger charge is 2.40. The topological polar surface area (TPSA) is 77.2 Å². The second-order valence-corrected chi connectivity index (χ2v) is 4.06. The van der Waals surface area contributed by atoms with Gasteiger partial charge in [0.15, 0.2) is 9.84 Å². The highest BCUT2D eigenvalue weighted by molar-refractivity contribution is 7.94. The van der Waals surface area contributed by atoms with Crippen LogP contribution in [0.1, 0.15) is 0 Å². The summed E-state index contributed by atoms with van der Waals surface area (Å²) in [5, 5.41) is -1.02. The van der Waals surface area contributed by atoms with Gasteiger partial charge in [0.25, 0.3) is 0 Å². The molecule has 1 heterocycles. The molecular formula is C4H6NO3S. The Labute approximate surface area is 53.0 Å². The number of amides is 1. The van der Waals surface area contributed by atoms with Gasteiger partial charge in [0.05, 0.1) is 5.75 Å². The summed E-state index contributed by atoms with van der Waals surface area (Å²) in [4.78, 5) is 10.2. The Kier molecular flexibility index (Phi) is 1.23. The van der Waals surface area contributed by atoms with Gasteiger partial charge < -0.3 is 5.73 Å². The second kappa shape index (κ2) is 1.70. The Morgan fingerprint density at radius 3 is 2.22 bits per heavy atom. The van der Waals surface area contributed by atoms with Gasteiger partial charge in [-0.15, -0.1) is 0 Å². The summed E-state index contributed by atoms with van der Waals surface area (Å²) in [6, 6.07) is 0. The van der Waals surface area contributed by atoms with Gasteiger partial charge in [-0.2, -0.15) is 0 Å². The van der Waals surface area contributed by atoms with Crippen molar-refractivity contribution in [2.75, 3.05) is 5.75 Å². The third-order valence-corrected chi connectivity index (χ3v) is 3.07. The van der Waals surface area contributed by atoms with E-state index in [0.717, 1.165) is 0 Å². The van der Waals surface area contributed by atoms with E-state index in [1.165, 1.54) is 6.42 Å². The fourth-order valence-electron chi connectivity index (χ4n) is 0.643. The Morgan fingerprint density at radius 2 is 2.22 bits per heavy atom. The molecule has 0 bridgehead atoms. The van der Waals surface area contributed by atoms with Crippen molar-refractivity contribution >= 4 is 15.7 Å². The van der Waals surface area contributed by atoms with E-state index in [2.05, 4.69) is 0 Å². The van der Waals surface area contributed by atoms with E-state index in [0.29, 0.717) is 0 Å². The number of rotatable bonds is 1. The van der Waals surface area contributed by atoms with E-state index in [9.17, 15) is 13.2 Å². The van der Waals surface area contributed by atoms with Gasteiger partial charge in [0.2, 0.25) is 5.91 Å². The van der Waals surface area contributed by atoms with Gasteiger partial charge >= 0.3 is 0 Å². The van der Waals surface area contributed by atoms with Gasteiger partial charge in [-0.05, 0) is 0 Å². The minimum absolute atomic E-state index is 0.0133. The van der Waals surface area contributed by atoms with E-state index < -0.39 is 21.0 Å². The molecule has 0 aromatic carbocycles. The minimum atomic E-state index is -3.15. The molecule has 1 aliphatic rings. The van der Waals surface area contributed by atoms with Gasteiger partial charge in [-0.3, -0.25) is 4.79 Å². The first-order valence-electron chi connectivity index (χ1n) is 2.38. The average molecular weight is 148 g/mol. The van der Waals surface area contributed by atoms with Crippen LogP contribution in [0.25, 0.3) is 0 Å². The first-order chi connectivity index (χ1) is 4.04. The molecule has 0 aromatic heterocycles. The quantitative estimate of drug-likeness (QED) is 0.490. The Morgan fingerprint density at radius 1 is 1.67 bits per heavy atom. The SMILES string of the molecule is NC(=O)C1[CH]CS1(=O)=O. The van der Waals surface area contributed by atoms with Gasteiger partial charge in [-0.25, -0.2) is 8.42 Å². The summed E-state index contributed by atoms with van der Waals surface area (Å²) in [7, 11) is -3.15. The highest BCUT2D eigenvalue weighted by Crippen LogP contribution is 2.17. The van der Waals surface area contributed by atoms with Crippen molar-refractivity contribution in [3.63, 3.8) is 0 Å². The average Bonchev–Trinajstić information content (AvgIpc) is 1.62. The highest BCUT2D eigenvalue weighted by atomic mass is 32.2. The fraction of sp³-hybridized carbons (Fsp3) is 0.500. The van der Waals surface area contributed by atoms with Crippen molar-refractivity contribution in [3.05, 3.63) is 6.42 Å². The van der Waals surface area contributed by atoms with Crippen LogP contribution < -0.4 is 5.73 Å². The molecule has 1 atom stereocenters. The summed E-state index contributed by atoms with van der Waals surface area (Å²) >= 11 is 0. The summed E-state index contributed by atoms with van der Waals surface area (Å²) in [6.45, 7) is 0. The van der Waals surface area contributed by atoms with E-state index in [-0.39, 0.29) is 5.75 Å². The zero-order valence-electron chi connectivity index (χ0n) is 4.57. The van der Waals surface area contributed by atoms with Crippen LogP contribution >= 0.6 is 0 Å². The van der Waals surface area contributed by atoms with Crippen molar-refractivity contribution in [3.8, 4) is 0 Å². The number of primary amides is 1. The molecule has 0 aliphatic carbocycles. The molecule has 0 spiro atoms. The fourth-order valence-corrected chi connectivity index (χ4v) is 1.70. The van der Waals surface area contributed by atoms with Crippen molar-refractivity contribution < 1.29 is 13.2 Å². The molecule has 1 amide bonds. The van der Waals surface area contributed by atoms with Crippen LogP contribution in [0.15, 0.2) is 0 Å². The predicted molar refractivity (Wildman–Crippen MR) is 31.1 cm³/mol. The molecule has 1 aliphatic heterocycles. The number of hydrogen-bond acceptors (Lipinski definition) is 3. The molecular weight excluding hydrogens is 142 g/mol. The van der Waals surface area contributed by atoms with E-state index in [1.807, 2.05) is 0 Å². The maximum Gasteiger partial charge on any atom is 0.236 e. The van der Waals surface area contributed by atoms with E-state index in [1.54, 1.807) is 0 Å². The van der Waals surface area contributed by atoms with Crippen molar-refractivity contribution in [1.82, 2.24) is 0 Å². The lowest BCUT2D eigenvalue weighted by molar-refractivity contribution is -0.117. The Bertz CT molecular complexity index is 230. The molecule has 4 nitrogen and oxygen atoms in total. The molecule has 0 aromatic rings. The standard InChI is InChI=1S/C4H6NO3S/c5-4(6)3-1-2-9(3,7)8/h1,3H,2H2,(H2,5,6). The van der Waals surface area contributed by atoms with Gasteiger partial charge in [0.1, 0.15) is 5.25 Å². The molecule has 1 radical (unpaired) electrons. The van der Waals surface area contributed by atoms with Crippen LogP contribution in [-0.2, 0) is 14.6 Å². The van der Waals surface area contributed by atoms with Crippen molar-refractivity contribution in [1.29, 1.82) is 0 Å². The minimum Gasteiger partial charge on any atom is -0.369 e. The molecule has 9 heavy (non-hydrogen) atoms. The van der Waals surface area contributed by atoms with Crippen LogP contribution in [0.2, 0.25) is 0 Å². The maximum atomic E-state index is 10.5. The number of carbonyl (C=O) groups is 1. The number of nitrogens with two attached hydrogens (primary N) is 1. The van der Waals surface area contributed by atoms with E-state index >= 15 is 0 Å². The largest absolute Gasteiger partial charge is 0.369 e. The van der Waals surface area contributed by atoms with E-state index in [4.69, 9.17) is 5.73 Å². The lowest BCUT2D eigenvalue weighted by Crippen LogP contribution is -2.46. The lowest BCUT2D eigenvalue weighted by Gasteiger charge is -2.21.